The second-order valence-electron chi connectivity index (χ2n) is 5.18. The molecule has 2 heterocycles. The van der Waals surface area contributed by atoms with Gasteiger partial charge in [-0.3, -0.25) is 0 Å². The van der Waals surface area contributed by atoms with E-state index < -0.39 is 0 Å². The highest BCUT2D eigenvalue weighted by Gasteiger charge is 2.35. The van der Waals surface area contributed by atoms with Gasteiger partial charge in [0.15, 0.2) is 11.6 Å². The number of aromatic nitrogens is 2. The molecule has 2 rings (SSSR count). The van der Waals surface area contributed by atoms with Crippen molar-refractivity contribution in [3.8, 4) is 5.75 Å². The van der Waals surface area contributed by atoms with Gasteiger partial charge >= 0.3 is 0 Å². The summed E-state index contributed by atoms with van der Waals surface area (Å²) >= 11 is 0. The van der Waals surface area contributed by atoms with E-state index in [-0.39, 0.29) is 18.3 Å². The summed E-state index contributed by atoms with van der Waals surface area (Å²) in [4.78, 5) is 10.2. The molecule has 1 fully saturated rings. The molecule has 7 nitrogen and oxygen atoms in total. The van der Waals surface area contributed by atoms with Gasteiger partial charge in [-0.1, -0.05) is 0 Å². The van der Waals surface area contributed by atoms with E-state index in [1.807, 2.05) is 18.7 Å². The highest BCUT2D eigenvalue weighted by molar-refractivity contribution is 5.63. The first-order chi connectivity index (χ1) is 8.96. The van der Waals surface area contributed by atoms with Gasteiger partial charge < -0.3 is 25.2 Å². The van der Waals surface area contributed by atoms with E-state index in [1.165, 1.54) is 13.4 Å². The summed E-state index contributed by atoms with van der Waals surface area (Å²) < 4.78 is 11.0. The second kappa shape index (κ2) is 5.18. The van der Waals surface area contributed by atoms with Crippen LogP contribution in [-0.4, -0.2) is 53.6 Å². The number of nitrogen functional groups attached to an aromatic ring is 1. The fraction of sp³-hybridized carbons (Fsp3) is 0.667. The van der Waals surface area contributed by atoms with Crippen LogP contribution in [0.2, 0.25) is 0 Å². The standard InChI is InChI=1S/C12H20N4O3/c1-12(2)6-16(4-8(5-17)19-12)11-9(18-3)10(13)14-7-15-11/h7-8,17H,4-6H2,1-3H3,(H2,13,14,15). The van der Waals surface area contributed by atoms with Gasteiger partial charge in [-0.15, -0.1) is 0 Å². The van der Waals surface area contributed by atoms with Crippen molar-refractivity contribution >= 4 is 11.6 Å². The summed E-state index contributed by atoms with van der Waals surface area (Å²) in [6.07, 6.45) is 1.15. The molecule has 1 unspecified atom stereocenters. The Morgan fingerprint density at radius 3 is 2.95 bits per heavy atom. The maximum Gasteiger partial charge on any atom is 0.204 e. The van der Waals surface area contributed by atoms with Crippen LogP contribution in [0, 0.1) is 0 Å². The molecular formula is C12H20N4O3. The number of morpholine rings is 1. The highest BCUT2D eigenvalue weighted by atomic mass is 16.5. The Labute approximate surface area is 112 Å². The first-order valence-electron chi connectivity index (χ1n) is 6.15. The summed E-state index contributed by atoms with van der Waals surface area (Å²) in [6.45, 7) is 5.07. The monoisotopic (exact) mass is 268 g/mol. The predicted octanol–water partition coefficient (Wildman–Crippen LogP) is 0.0435. The number of rotatable bonds is 3. The molecule has 0 aliphatic carbocycles. The smallest absolute Gasteiger partial charge is 0.204 e. The molecule has 0 radical (unpaired) electrons. The van der Waals surface area contributed by atoms with E-state index in [0.29, 0.717) is 30.5 Å². The molecule has 0 bridgehead atoms. The molecule has 0 saturated carbocycles. The molecule has 106 valence electrons. The summed E-state index contributed by atoms with van der Waals surface area (Å²) in [5, 5.41) is 9.33. The third kappa shape index (κ3) is 2.87. The molecule has 1 aliphatic heterocycles. The quantitative estimate of drug-likeness (QED) is 0.799. The molecule has 0 aromatic carbocycles. The fourth-order valence-electron chi connectivity index (χ4n) is 2.35. The van der Waals surface area contributed by atoms with Crippen molar-refractivity contribution in [2.24, 2.45) is 0 Å². The van der Waals surface area contributed by atoms with Gasteiger partial charge in [-0.05, 0) is 13.8 Å². The highest BCUT2D eigenvalue weighted by Crippen LogP contribution is 2.33. The van der Waals surface area contributed by atoms with Crippen LogP contribution in [0.1, 0.15) is 13.8 Å². The summed E-state index contributed by atoms with van der Waals surface area (Å²) in [5.41, 5.74) is 5.41. The van der Waals surface area contributed by atoms with Crippen LogP contribution in [0.5, 0.6) is 5.75 Å². The Kier molecular flexibility index (Phi) is 3.77. The summed E-state index contributed by atoms with van der Waals surface area (Å²) in [5.74, 6) is 1.39. The first kappa shape index (κ1) is 13.8. The molecule has 1 aromatic heterocycles. The topological polar surface area (TPSA) is 93.7 Å². The van der Waals surface area contributed by atoms with Crippen LogP contribution >= 0.6 is 0 Å². The van der Waals surface area contributed by atoms with Crippen molar-refractivity contribution in [3.05, 3.63) is 6.33 Å². The number of hydrogen-bond acceptors (Lipinski definition) is 7. The lowest BCUT2D eigenvalue weighted by molar-refractivity contribution is -0.101. The lowest BCUT2D eigenvalue weighted by Crippen LogP contribution is -2.54. The van der Waals surface area contributed by atoms with Crippen LogP contribution in [0.4, 0.5) is 11.6 Å². The minimum Gasteiger partial charge on any atom is -0.490 e. The number of hydrogen-bond donors (Lipinski definition) is 2. The fourth-order valence-corrected chi connectivity index (χ4v) is 2.35. The Balaban J connectivity index is 2.33. The molecule has 1 saturated heterocycles. The molecule has 0 amide bonds. The molecule has 7 heteroatoms. The van der Waals surface area contributed by atoms with E-state index in [9.17, 15) is 5.11 Å². The van der Waals surface area contributed by atoms with Crippen LogP contribution in [0.15, 0.2) is 6.33 Å². The van der Waals surface area contributed by atoms with Crippen molar-refractivity contribution in [1.82, 2.24) is 9.97 Å². The number of nitrogens with zero attached hydrogens (tertiary/aromatic N) is 3. The van der Waals surface area contributed by atoms with Crippen molar-refractivity contribution in [2.75, 3.05) is 37.4 Å². The lowest BCUT2D eigenvalue weighted by Gasteiger charge is -2.43. The first-order valence-corrected chi connectivity index (χ1v) is 6.15. The lowest BCUT2D eigenvalue weighted by atomic mass is 10.1. The zero-order valence-electron chi connectivity index (χ0n) is 11.5. The Hall–Kier alpha value is -1.60. The SMILES string of the molecule is COc1c(N)ncnc1N1CC(CO)OC(C)(C)C1. The number of ether oxygens (including phenoxy) is 2. The number of aliphatic hydroxyl groups excluding tert-OH is 1. The van der Waals surface area contributed by atoms with Gasteiger partial charge in [-0.25, -0.2) is 9.97 Å². The number of anilines is 2. The Bertz CT molecular complexity index is 453. The van der Waals surface area contributed by atoms with Crippen molar-refractivity contribution in [2.45, 2.75) is 25.6 Å². The second-order valence-corrected chi connectivity index (χ2v) is 5.18. The summed E-state index contributed by atoms with van der Waals surface area (Å²) in [6, 6.07) is 0. The maximum atomic E-state index is 9.33. The van der Waals surface area contributed by atoms with Crippen molar-refractivity contribution < 1.29 is 14.6 Å². The maximum absolute atomic E-state index is 9.33. The van der Waals surface area contributed by atoms with E-state index in [0.717, 1.165) is 0 Å². The van der Waals surface area contributed by atoms with Gasteiger partial charge in [0.25, 0.3) is 0 Å². The molecule has 1 aromatic rings. The zero-order chi connectivity index (χ0) is 14.0. The van der Waals surface area contributed by atoms with Crippen LogP contribution in [0.3, 0.4) is 0 Å². The van der Waals surface area contributed by atoms with E-state index >= 15 is 0 Å². The van der Waals surface area contributed by atoms with Crippen LogP contribution in [0.25, 0.3) is 0 Å². The molecule has 19 heavy (non-hydrogen) atoms. The number of aliphatic hydroxyl groups is 1. The van der Waals surface area contributed by atoms with Gasteiger partial charge in [0.2, 0.25) is 5.75 Å². The minimum atomic E-state index is -0.379. The average Bonchev–Trinajstić information content (AvgIpc) is 2.36. The van der Waals surface area contributed by atoms with Gasteiger partial charge in [0.05, 0.1) is 25.4 Å². The number of methoxy groups -OCH3 is 1. The zero-order valence-corrected chi connectivity index (χ0v) is 11.5. The molecule has 1 atom stereocenters. The van der Waals surface area contributed by atoms with Crippen LogP contribution in [-0.2, 0) is 4.74 Å². The van der Waals surface area contributed by atoms with E-state index in [4.69, 9.17) is 15.2 Å². The van der Waals surface area contributed by atoms with Gasteiger partial charge in [0, 0.05) is 13.1 Å². The molecule has 0 spiro atoms. The van der Waals surface area contributed by atoms with Gasteiger partial charge in [-0.2, -0.15) is 0 Å². The van der Waals surface area contributed by atoms with Crippen molar-refractivity contribution in [1.29, 1.82) is 0 Å². The Morgan fingerprint density at radius 1 is 1.58 bits per heavy atom. The predicted molar refractivity (Wildman–Crippen MR) is 71.2 cm³/mol. The third-order valence-corrected chi connectivity index (χ3v) is 3.00. The van der Waals surface area contributed by atoms with Gasteiger partial charge in [0.1, 0.15) is 6.33 Å². The molecule has 3 N–H and O–H groups in total. The normalized spacial score (nSPS) is 22.3. The van der Waals surface area contributed by atoms with Crippen LogP contribution < -0.4 is 15.4 Å². The average molecular weight is 268 g/mol. The van der Waals surface area contributed by atoms with E-state index in [2.05, 4.69) is 9.97 Å². The summed E-state index contributed by atoms with van der Waals surface area (Å²) in [7, 11) is 1.54. The van der Waals surface area contributed by atoms with Crippen molar-refractivity contribution in [3.63, 3.8) is 0 Å². The molecular weight excluding hydrogens is 248 g/mol. The molecule has 1 aliphatic rings. The third-order valence-electron chi connectivity index (χ3n) is 3.00. The number of nitrogens with two attached hydrogens (primary N) is 1. The Morgan fingerprint density at radius 2 is 2.32 bits per heavy atom. The largest absolute Gasteiger partial charge is 0.490 e. The minimum absolute atomic E-state index is 0.0389. The van der Waals surface area contributed by atoms with E-state index in [1.54, 1.807) is 0 Å².